The lowest BCUT2D eigenvalue weighted by Crippen LogP contribution is -2.12. The largest absolute Gasteiger partial charge is 0.381 e. The maximum absolute atomic E-state index is 5.61. The molecule has 0 fully saturated rings. The van der Waals surface area contributed by atoms with Crippen LogP contribution < -0.4 is 0 Å². The summed E-state index contributed by atoms with van der Waals surface area (Å²) < 4.78 is 5.61. The van der Waals surface area contributed by atoms with Gasteiger partial charge in [-0.15, -0.1) is 0 Å². The standard InChI is InChI=1S/C12H26O/c1-10(2)7-6-8-13-9-12(5)11(3)4/h10-12H,6-9H2,1-5H3/t12-/m1/s1. The van der Waals surface area contributed by atoms with Crippen molar-refractivity contribution in [1.29, 1.82) is 0 Å². The quantitative estimate of drug-likeness (QED) is 0.550. The molecule has 0 aliphatic rings. The lowest BCUT2D eigenvalue weighted by Gasteiger charge is -2.15. The molecule has 0 spiro atoms. The minimum absolute atomic E-state index is 0.694. The van der Waals surface area contributed by atoms with Gasteiger partial charge in [0.2, 0.25) is 0 Å². The van der Waals surface area contributed by atoms with Gasteiger partial charge in [0, 0.05) is 13.2 Å². The van der Waals surface area contributed by atoms with Crippen molar-refractivity contribution in [2.75, 3.05) is 13.2 Å². The molecule has 0 unspecified atom stereocenters. The molecule has 1 heteroatoms. The van der Waals surface area contributed by atoms with Gasteiger partial charge in [-0.3, -0.25) is 0 Å². The van der Waals surface area contributed by atoms with E-state index >= 15 is 0 Å². The van der Waals surface area contributed by atoms with Crippen LogP contribution in [0.25, 0.3) is 0 Å². The van der Waals surface area contributed by atoms with E-state index in [4.69, 9.17) is 4.74 Å². The molecule has 0 aromatic rings. The second-order valence-corrected chi connectivity index (χ2v) is 4.83. The van der Waals surface area contributed by atoms with Crippen LogP contribution >= 0.6 is 0 Å². The molecule has 0 bridgehead atoms. The summed E-state index contributed by atoms with van der Waals surface area (Å²) in [6.45, 7) is 13.1. The van der Waals surface area contributed by atoms with Crippen molar-refractivity contribution in [2.24, 2.45) is 17.8 Å². The first-order valence-electron chi connectivity index (χ1n) is 5.61. The van der Waals surface area contributed by atoms with Crippen LogP contribution in [0, 0.1) is 17.8 Å². The van der Waals surface area contributed by atoms with E-state index in [9.17, 15) is 0 Å². The molecule has 0 radical (unpaired) electrons. The summed E-state index contributed by atoms with van der Waals surface area (Å²) in [5, 5.41) is 0. The van der Waals surface area contributed by atoms with E-state index in [2.05, 4.69) is 34.6 Å². The van der Waals surface area contributed by atoms with Gasteiger partial charge in [0.05, 0.1) is 0 Å². The molecule has 0 heterocycles. The molecule has 1 nitrogen and oxygen atoms in total. The first-order valence-corrected chi connectivity index (χ1v) is 5.61. The zero-order valence-corrected chi connectivity index (χ0v) is 9.97. The molecule has 80 valence electrons. The Hall–Kier alpha value is -0.0400. The van der Waals surface area contributed by atoms with Crippen LogP contribution in [-0.4, -0.2) is 13.2 Å². The van der Waals surface area contributed by atoms with Crippen molar-refractivity contribution in [3.63, 3.8) is 0 Å². The first-order chi connectivity index (χ1) is 6.04. The Kier molecular flexibility index (Phi) is 7.35. The van der Waals surface area contributed by atoms with Gasteiger partial charge in [-0.05, 0) is 30.6 Å². The van der Waals surface area contributed by atoms with Crippen molar-refractivity contribution in [2.45, 2.75) is 47.5 Å². The first kappa shape index (κ1) is 13.0. The summed E-state index contributed by atoms with van der Waals surface area (Å²) in [5.41, 5.74) is 0. The summed E-state index contributed by atoms with van der Waals surface area (Å²) in [4.78, 5) is 0. The smallest absolute Gasteiger partial charge is 0.0494 e. The molecule has 0 aliphatic carbocycles. The molecule has 0 aromatic heterocycles. The summed E-state index contributed by atoms with van der Waals surface area (Å²) in [6.07, 6.45) is 2.50. The monoisotopic (exact) mass is 186 g/mol. The fraction of sp³-hybridized carbons (Fsp3) is 1.00. The molecular formula is C12H26O. The topological polar surface area (TPSA) is 9.23 Å². The summed E-state index contributed by atoms with van der Waals surface area (Å²) >= 11 is 0. The fourth-order valence-electron chi connectivity index (χ4n) is 1.06. The third kappa shape index (κ3) is 8.29. The number of hydrogen-bond donors (Lipinski definition) is 0. The molecule has 0 aliphatic heterocycles. The van der Waals surface area contributed by atoms with E-state index in [-0.39, 0.29) is 0 Å². The predicted octanol–water partition coefficient (Wildman–Crippen LogP) is 3.73. The Morgan fingerprint density at radius 1 is 1.00 bits per heavy atom. The lowest BCUT2D eigenvalue weighted by atomic mass is 9.99. The average Bonchev–Trinajstić information content (AvgIpc) is 2.02. The van der Waals surface area contributed by atoms with E-state index in [1.54, 1.807) is 0 Å². The van der Waals surface area contributed by atoms with Crippen molar-refractivity contribution in [3.8, 4) is 0 Å². The Labute approximate surface area is 83.9 Å². The Morgan fingerprint density at radius 3 is 2.08 bits per heavy atom. The third-order valence-corrected chi connectivity index (χ3v) is 2.59. The third-order valence-electron chi connectivity index (χ3n) is 2.59. The van der Waals surface area contributed by atoms with Crippen molar-refractivity contribution < 1.29 is 4.74 Å². The summed E-state index contributed by atoms with van der Waals surface area (Å²) in [7, 11) is 0. The van der Waals surface area contributed by atoms with Gasteiger partial charge >= 0.3 is 0 Å². The van der Waals surface area contributed by atoms with E-state index in [0.29, 0.717) is 5.92 Å². The zero-order chi connectivity index (χ0) is 10.3. The Bertz CT molecular complexity index is 108. The molecule has 0 saturated heterocycles. The Morgan fingerprint density at radius 2 is 1.62 bits per heavy atom. The van der Waals surface area contributed by atoms with Crippen molar-refractivity contribution >= 4 is 0 Å². The maximum atomic E-state index is 5.61. The molecule has 0 aromatic carbocycles. The maximum Gasteiger partial charge on any atom is 0.0494 e. The van der Waals surface area contributed by atoms with Crippen LogP contribution in [0.2, 0.25) is 0 Å². The second-order valence-electron chi connectivity index (χ2n) is 4.83. The number of ether oxygens (including phenoxy) is 1. The number of rotatable bonds is 7. The molecule has 13 heavy (non-hydrogen) atoms. The van der Waals surface area contributed by atoms with E-state index in [1.165, 1.54) is 12.8 Å². The highest BCUT2D eigenvalue weighted by atomic mass is 16.5. The Balaban J connectivity index is 3.16. The highest BCUT2D eigenvalue weighted by Gasteiger charge is 2.06. The predicted molar refractivity (Wildman–Crippen MR) is 58.9 cm³/mol. The van der Waals surface area contributed by atoms with Gasteiger partial charge in [0.1, 0.15) is 0 Å². The van der Waals surface area contributed by atoms with E-state index in [1.807, 2.05) is 0 Å². The summed E-state index contributed by atoms with van der Waals surface area (Å²) in [6, 6.07) is 0. The van der Waals surface area contributed by atoms with Gasteiger partial charge in [-0.25, -0.2) is 0 Å². The molecule has 0 rings (SSSR count). The highest BCUT2D eigenvalue weighted by Crippen LogP contribution is 2.10. The van der Waals surface area contributed by atoms with Gasteiger partial charge in [0.15, 0.2) is 0 Å². The molecule has 0 saturated carbocycles. The van der Waals surface area contributed by atoms with Crippen molar-refractivity contribution in [3.05, 3.63) is 0 Å². The minimum Gasteiger partial charge on any atom is -0.381 e. The van der Waals surface area contributed by atoms with Crippen LogP contribution in [0.4, 0.5) is 0 Å². The van der Waals surface area contributed by atoms with Crippen LogP contribution in [0.5, 0.6) is 0 Å². The van der Waals surface area contributed by atoms with Crippen LogP contribution in [0.15, 0.2) is 0 Å². The molecule has 1 atom stereocenters. The zero-order valence-electron chi connectivity index (χ0n) is 9.97. The van der Waals surface area contributed by atoms with Crippen LogP contribution in [0.3, 0.4) is 0 Å². The second kappa shape index (κ2) is 7.37. The average molecular weight is 186 g/mol. The van der Waals surface area contributed by atoms with Gasteiger partial charge < -0.3 is 4.74 Å². The van der Waals surface area contributed by atoms with Gasteiger partial charge in [0.25, 0.3) is 0 Å². The lowest BCUT2D eigenvalue weighted by molar-refractivity contribution is 0.0855. The van der Waals surface area contributed by atoms with Crippen molar-refractivity contribution in [1.82, 2.24) is 0 Å². The molecular weight excluding hydrogens is 160 g/mol. The molecule has 0 amide bonds. The van der Waals surface area contributed by atoms with Gasteiger partial charge in [-0.2, -0.15) is 0 Å². The fourth-order valence-corrected chi connectivity index (χ4v) is 1.06. The molecule has 0 N–H and O–H groups in total. The minimum atomic E-state index is 0.694. The SMILES string of the molecule is CC(C)CCCOC[C@@H](C)C(C)C. The van der Waals surface area contributed by atoms with Gasteiger partial charge in [-0.1, -0.05) is 34.6 Å². The highest BCUT2D eigenvalue weighted by molar-refractivity contribution is 4.55. The van der Waals surface area contributed by atoms with Crippen LogP contribution in [0.1, 0.15) is 47.5 Å². The summed E-state index contributed by atoms with van der Waals surface area (Å²) in [5.74, 6) is 2.25. The van der Waals surface area contributed by atoms with E-state index in [0.717, 1.165) is 25.0 Å². The van der Waals surface area contributed by atoms with E-state index < -0.39 is 0 Å². The normalized spacial score (nSPS) is 14.1. The van der Waals surface area contributed by atoms with Crippen LogP contribution in [-0.2, 0) is 4.74 Å². The number of hydrogen-bond acceptors (Lipinski definition) is 1.